The summed E-state index contributed by atoms with van der Waals surface area (Å²) in [7, 11) is 0. The molecule has 0 bridgehead atoms. The molecular formula is C24H23F9N2O2. The quantitative estimate of drug-likeness (QED) is 0.405. The molecule has 2 aromatic rings. The van der Waals surface area contributed by atoms with E-state index in [1.807, 2.05) is 0 Å². The van der Waals surface area contributed by atoms with E-state index in [0.717, 1.165) is 17.0 Å². The molecule has 0 fully saturated rings. The minimum Gasteiger partial charge on any atom is -0.446 e. The Balaban J connectivity index is 2.19. The second-order valence-corrected chi connectivity index (χ2v) is 9.13. The predicted octanol–water partition coefficient (Wildman–Crippen LogP) is 7.67. The number of hydrogen-bond acceptors (Lipinski definition) is 3. The minimum absolute atomic E-state index is 0.0270. The number of nitrogens with zero attached hydrogens (tertiary/aromatic N) is 1. The van der Waals surface area contributed by atoms with Crippen LogP contribution in [0, 0.1) is 0 Å². The number of nitrogens with two attached hydrogens (primary N) is 1. The second kappa shape index (κ2) is 9.73. The summed E-state index contributed by atoms with van der Waals surface area (Å²) in [4.78, 5) is 13.8. The van der Waals surface area contributed by atoms with Gasteiger partial charge >= 0.3 is 24.6 Å². The van der Waals surface area contributed by atoms with Crippen LogP contribution in [0.2, 0.25) is 0 Å². The Kier molecular flexibility index (Phi) is 7.52. The summed E-state index contributed by atoms with van der Waals surface area (Å²) in [6.45, 7) is 4.64. The Morgan fingerprint density at radius 1 is 0.892 bits per heavy atom. The van der Waals surface area contributed by atoms with Crippen LogP contribution in [0.4, 0.5) is 50.0 Å². The highest BCUT2D eigenvalue weighted by molar-refractivity contribution is 5.90. The fourth-order valence-electron chi connectivity index (χ4n) is 4.37. The fourth-order valence-corrected chi connectivity index (χ4v) is 4.37. The summed E-state index contributed by atoms with van der Waals surface area (Å²) >= 11 is 0. The molecule has 2 aromatic carbocycles. The largest absolute Gasteiger partial charge is 0.446 e. The van der Waals surface area contributed by atoms with Crippen molar-refractivity contribution >= 4 is 11.8 Å². The van der Waals surface area contributed by atoms with Gasteiger partial charge in [-0.3, -0.25) is 4.90 Å². The second-order valence-electron chi connectivity index (χ2n) is 9.13. The molecule has 0 aliphatic carbocycles. The first-order valence-corrected chi connectivity index (χ1v) is 11.1. The Hall–Kier alpha value is -2.96. The molecular weight excluding hydrogens is 519 g/mol. The topological polar surface area (TPSA) is 55.6 Å². The Morgan fingerprint density at radius 3 is 1.86 bits per heavy atom. The van der Waals surface area contributed by atoms with E-state index in [2.05, 4.69) is 0 Å². The number of carbonyl (C=O) groups excluding carboxylic acids is 1. The average molecular weight is 542 g/mol. The maximum absolute atomic E-state index is 13.5. The first-order chi connectivity index (χ1) is 16.8. The highest BCUT2D eigenvalue weighted by Crippen LogP contribution is 2.47. The third-order valence-corrected chi connectivity index (χ3v) is 6.01. The molecule has 0 unspecified atom stereocenters. The molecule has 204 valence electrons. The number of amides is 1. The summed E-state index contributed by atoms with van der Waals surface area (Å²) in [5.41, 5.74) is 1.15. The SMILES string of the molecule is CC(C)OC(=O)N1c2ccc(C(F)(F)F)cc2[C@H]([C@@H](N)c2cc(C(F)(F)F)cc(C(F)(F)F)c2)C[C@H]1C. The van der Waals surface area contributed by atoms with Gasteiger partial charge in [0.15, 0.2) is 0 Å². The third-order valence-electron chi connectivity index (χ3n) is 6.01. The molecule has 3 atom stereocenters. The van der Waals surface area contributed by atoms with Gasteiger partial charge in [-0.05, 0) is 74.7 Å². The Bertz CT molecular complexity index is 1120. The smallest absolute Gasteiger partial charge is 0.416 e. The molecule has 37 heavy (non-hydrogen) atoms. The summed E-state index contributed by atoms with van der Waals surface area (Å²) in [5.74, 6) is -1.15. The molecule has 0 saturated carbocycles. The maximum atomic E-state index is 13.5. The van der Waals surface area contributed by atoms with Crippen LogP contribution in [0.25, 0.3) is 0 Å². The zero-order valence-electron chi connectivity index (χ0n) is 19.7. The van der Waals surface area contributed by atoms with Gasteiger partial charge in [0.2, 0.25) is 0 Å². The van der Waals surface area contributed by atoms with Crippen LogP contribution < -0.4 is 10.6 Å². The van der Waals surface area contributed by atoms with E-state index in [-0.39, 0.29) is 23.7 Å². The van der Waals surface area contributed by atoms with Gasteiger partial charge in [0, 0.05) is 18.0 Å². The van der Waals surface area contributed by atoms with E-state index in [1.165, 1.54) is 6.92 Å². The molecule has 1 aliphatic rings. The summed E-state index contributed by atoms with van der Waals surface area (Å²) in [5, 5.41) is 0. The lowest BCUT2D eigenvalue weighted by molar-refractivity contribution is -0.143. The van der Waals surface area contributed by atoms with Crippen molar-refractivity contribution in [3.8, 4) is 0 Å². The van der Waals surface area contributed by atoms with E-state index in [0.29, 0.717) is 18.2 Å². The maximum Gasteiger partial charge on any atom is 0.416 e. The lowest BCUT2D eigenvalue weighted by atomic mass is 9.78. The summed E-state index contributed by atoms with van der Waals surface area (Å²) in [6.07, 6.45) is -16.7. The van der Waals surface area contributed by atoms with E-state index >= 15 is 0 Å². The molecule has 0 saturated heterocycles. The predicted molar refractivity (Wildman–Crippen MR) is 116 cm³/mol. The molecule has 1 amide bonds. The number of ether oxygens (including phenoxy) is 1. The van der Waals surface area contributed by atoms with Crippen LogP contribution in [0.1, 0.15) is 67.0 Å². The number of carbonyl (C=O) groups is 1. The van der Waals surface area contributed by atoms with Gasteiger partial charge in [0.05, 0.1) is 28.5 Å². The molecule has 13 heteroatoms. The Morgan fingerprint density at radius 2 is 1.41 bits per heavy atom. The molecule has 0 aromatic heterocycles. The lowest BCUT2D eigenvalue weighted by Crippen LogP contribution is -2.45. The standard InChI is InChI=1S/C24H23F9N2O2/c1-11(2)37-21(36)35-12(3)6-18(17-10-14(22(25,26)27)4-5-19(17)35)20(34)13-7-15(23(28,29)30)9-16(8-13)24(31,32)33/h4-5,7-12,18,20H,6,34H2,1-3H3/t12-,18-,20+/m1/s1. The molecule has 0 spiro atoms. The highest BCUT2D eigenvalue weighted by atomic mass is 19.4. The van der Waals surface area contributed by atoms with Gasteiger partial charge < -0.3 is 10.5 Å². The van der Waals surface area contributed by atoms with Crippen molar-refractivity contribution in [2.24, 2.45) is 5.73 Å². The molecule has 3 rings (SSSR count). The molecule has 1 aliphatic heterocycles. The monoisotopic (exact) mass is 542 g/mol. The van der Waals surface area contributed by atoms with Crippen LogP contribution in [0.15, 0.2) is 36.4 Å². The van der Waals surface area contributed by atoms with Crippen LogP contribution in [0.5, 0.6) is 0 Å². The van der Waals surface area contributed by atoms with Crippen molar-refractivity contribution in [3.63, 3.8) is 0 Å². The molecule has 0 radical (unpaired) electrons. The van der Waals surface area contributed by atoms with Crippen molar-refractivity contribution in [1.29, 1.82) is 0 Å². The van der Waals surface area contributed by atoms with Crippen molar-refractivity contribution < 1.29 is 49.0 Å². The van der Waals surface area contributed by atoms with E-state index in [1.54, 1.807) is 13.8 Å². The number of halogens is 9. The zero-order valence-corrected chi connectivity index (χ0v) is 19.7. The van der Waals surface area contributed by atoms with E-state index < -0.39 is 71.0 Å². The molecule has 4 nitrogen and oxygen atoms in total. The van der Waals surface area contributed by atoms with Gasteiger partial charge in [-0.2, -0.15) is 39.5 Å². The number of rotatable bonds is 3. The van der Waals surface area contributed by atoms with Gasteiger partial charge in [-0.25, -0.2) is 4.79 Å². The van der Waals surface area contributed by atoms with Crippen LogP contribution in [-0.2, 0) is 23.3 Å². The van der Waals surface area contributed by atoms with Crippen LogP contribution in [-0.4, -0.2) is 18.2 Å². The normalized spacial score (nSPS) is 19.6. The first kappa shape index (κ1) is 28.6. The zero-order chi connectivity index (χ0) is 28.1. The number of benzene rings is 2. The fraction of sp³-hybridized carbons (Fsp3) is 0.458. The van der Waals surface area contributed by atoms with Crippen molar-refractivity contribution in [2.45, 2.75) is 69.8 Å². The first-order valence-electron chi connectivity index (χ1n) is 11.1. The molecule has 1 heterocycles. The van der Waals surface area contributed by atoms with Crippen molar-refractivity contribution in [2.75, 3.05) is 4.90 Å². The van der Waals surface area contributed by atoms with Gasteiger partial charge in [-0.1, -0.05) is 0 Å². The molecule has 2 N–H and O–H groups in total. The number of alkyl halides is 9. The van der Waals surface area contributed by atoms with Crippen LogP contribution in [0.3, 0.4) is 0 Å². The third kappa shape index (κ3) is 6.13. The lowest BCUT2D eigenvalue weighted by Gasteiger charge is -2.41. The van der Waals surface area contributed by atoms with E-state index in [4.69, 9.17) is 10.5 Å². The number of anilines is 1. The van der Waals surface area contributed by atoms with Gasteiger partial charge in [0.25, 0.3) is 0 Å². The van der Waals surface area contributed by atoms with Crippen molar-refractivity contribution in [3.05, 3.63) is 64.2 Å². The van der Waals surface area contributed by atoms with Crippen molar-refractivity contribution in [1.82, 2.24) is 0 Å². The highest BCUT2D eigenvalue weighted by Gasteiger charge is 2.42. The van der Waals surface area contributed by atoms with Crippen LogP contribution >= 0.6 is 0 Å². The minimum atomic E-state index is -5.13. The summed E-state index contributed by atoms with van der Waals surface area (Å²) < 4.78 is 126. The van der Waals surface area contributed by atoms with E-state index in [9.17, 15) is 44.3 Å². The Labute approximate surface area is 206 Å². The van der Waals surface area contributed by atoms with Gasteiger partial charge in [0.1, 0.15) is 0 Å². The van der Waals surface area contributed by atoms with Gasteiger partial charge in [-0.15, -0.1) is 0 Å². The average Bonchev–Trinajstić information content (AvgIpc) is 2.75. The summed E-state index contributed by atoms with van der Waals surface area (Å²) in [6, 6.07) is 0.993. The number of fused-ring (bicyclic) bond motifs is 1. The number of hydrogen-bond donors (Lipinski definition) is 1.